The predicted octanol–water partition coefficient (Wildman–Crippen LogP) is 5.51. The molecule has 104 valence electrons. The van der Waals surface area contributed by atoms with Gasteiger partial charge in [-0.3, -0.25) is 0 Å². The highest BCUT2D eigenvalue weighted by Gasteiger charge is 2.53. The zero-order valence-electron chi connectivity index (χ0n) is 12.6. The van der Waals surface area contributed by atoms with Gasteiger partial charge in [0.25, 0.3) is 0 Å². The van der Waals surface area contributed by atoms with Gasteiger partial charge in [0.1, 0.15) is 0 Å². The summed E-state index contributed by atoms with van der Waals surface area (Å²) in [6, 6.07) is 0. The third-order valence-electron chi connectivity index (χ3n) is 7.34. The Morgan fingerprint density at radius 3 is 2.84 bits per heavy atom. The van der Waals surface area contributed by atoms with Crippen molar-refractivity contribution < 1.29 is 0 Å². The maximum atomic E-state index is 2.67. The van der Waals surface area contributed by atoms with Gasteiger partial charge >= 0.3 is 0 Å². The minimum absolute atomic E-state index is 0.539. The van der Waals surface area contributed by atoms with Gasteiger partial charge in [-0.05, 0) is 73.5 Å². The maximum Gasteiger partial charge on any atom is -0.00853 e. The molecule has 4 aliphatic rings. The Morgan fingerprint density at radius 1 is 1.05 bits per heavy atom. The van der Waals surface area contributed by atoms with E-state index in [9.17, 15) is 0 Å². The molecule has 0 N–H and O–H groups in total. The topological polar surface area (TPSA) is 0 Å². The zero-order chi connectivity index (χ0) is 13.1. The van der Waals surface area contributed by atoms with Gasteiger partial charge in [0.05, 0.1) is 0 Å². The van der Waals surface area contributed by atoms with Crippen LogP contribution < -0.4 is 0 Å². The number of hydrogen-bond acceptors (Lipinski definition) is 0. The molecule has 0 nitrogen and oxygen atoms in total. The molecule has 19 heavy (non-hydrogen) atoms. The van der Waals surface area contributed by atoms with E-state index in [-0.39, 0.29) is 0 Å². The molecule has 4 aliphatic carbocycles. The summed E-state index contributed by atoms with van der Waals surface area (Å²) in [4.78, 5) is 0. The smallest absolute Gasteiger partial charge is 0.00853 e. The van der Waals surface area contributed by atoms with Crippen molar-refractivity contribution >= 4 is 0 Å². The lowest BCUT2D eigenvalue weighted by Crippen LogP contribution is -2.48. The van der Waals surface area contributed by atoms with Gasteiger partial charge < -0.3 is 0 Å². The van der Waals surface area contributed by atoms with Crippen LogP contribution in [-0.4, -0.2) is 0 Å². The average Bonchev–Trinajstić information content (AvgIpc) is 2.79. The molecule has 0 aliphatic heterocycles. The number of rotatable bonds is 0. The van der Waals surface area contributed by atoms with E-state index in [0.29, 0.717) is 10.8 Å². The molecule has 0 radical (unpaired) electrons. The second kappa shape index (κ2) is 3.99. The van der Waals surface area contributed by atoms with Crippen molar-refractivity contribution in [3.8, 4) is 0 Å². The van der Waals surface area contributed by atoms with Gasteiger partial charge in [-0.2, -0.15) is 0 Å². The van der Waals surface area contributed by atoms with Gasteiger partial charge in [-0.1, -0.05) is 44.1 Å². The van der Waals surface area contributed by atoms with Crippen LogP contribution in [0.3, 0.4) is 0 Å². The summed E-state index contributed by atoms with van der Waals surface area (Å²) in [7, 11) is 0. The van der Waals surface area contributed by atoms with E-state index < -0.39 is 0 Å². The Kier molecular flexibility index (Phi) is 2.57. The minimum Gasteiger partial charge on any atom is -0.0877 e. The lowest BCUT2D eigenvalue weighted by molar-refractivity contribution is -0.0130. The summed E-state index contributed by atoms with van der Waals surface area (Å²) < 4.78 is 0. The fraction of sp³-hybridized carbons (Fsp3) is 0.789. The molecule has 0 heteroatoms. The first kappa shape index (κ1) is 12.2. The molecule has 4 rings (SSSR count). The molecule has 0 aromatic carbocycles. The Bertz CT molecular complexity index is 443. The first-order valence-electron chi connectivity index (χ1n) is 8.51. The molecule has 0 saturated heterocycles. The van der Waals surface area contributed by atoms with E-state index in [0.717, 1.165) is 17.8 Å². The van der Waals surface area contributed by atoms with Crippen molar-refractivity contribution in [1.29, 1.82) is 0 Å². The first-order chi connectivity index (χ1) is 9.13. The van der Waals surface area contributed by atoms with Crippen LogP contribution in [-0.2, 0) is 0 Å². The molecular formula is C19H28. The van der Waals surface area contributed by atoms with Crippen LogP contribution in [0.1, 0.15) is 65.2 Å². The molecule has 0 spiro atoms. The molecule has 0 aromatic rings. The number of allylic oxidation sites excluding steroid dienone is 4. The minimum atomic E-state index is 0.539. The van der Waals surface area contributed by atoms with E-state index >= 15 is 0 Å². The van der Waals surface area contributed by atoms with Gasteiger partial charge in [0, 0.05) is 0 Å². The maximum absolute atomic E-state index is 2.67. The van der Waals surface area contributed by atoms with Gasteiger partial charge in [0.15, 0.2) is 0 Å². The SMILES string of the molecule is C[C@@]12C=CC[C@H]1[C@@H]1CC=C3CCCC[C@]3(C)[C@H]1CC2. The Hall–Kier alpha value is -0.520. The summed E-state index contributed by atoms with van der Waals surface area (Å²) in [6.45, 7) is 5.14. The molecule has 5 atom stereocenters. The lowest BCUT2D eigenvalue weighted by Gasteiger charge is -2.56. The second-order valence-electron chi connectivity index (χ2n) is 8.15. The second-order valence-corrected chi connectivity index (χ2v) is 8.15. The molecular weight excluding hydrogens is 228 g/mol. The summed E-state index contributed by atoms with van der Waals surface area (Å²) in [5.74, 6) is 2.91. The summed E-state index contributed by atoms with van der Waals surface area (Å²) in [5, 5.41) is 0. The van der Waals surface area contributed by atoms with Crippen LogP contribution in [0.25, 0.3) is 0 Å². The Labute approximate surface area is 118 Å². The van der Waals surface area contributed by atoms with E-state index in [4.69, 9.17) is 0 Å². The highest BCUT2D eigenvalue weighted by molar-refractivity contribution is 5.25. The van der Waals surface area contributed by atoms with Crippen molar-refractivity contribution in [3.05, 3.63) is 23.8 Å². The quantitative estimate of drug-likeness (QED) is 0.502. The normalized spacial score (nSPS) is 52.1. The first-order valence-corrected chi connectivity index (χ1v) is 8.51. The van der Waals surface area contributed by atoms with E-state index in [1.807, 2.05) is 5.57 Å². The monoisotopic (exact) mass is 256 g/mol. The standard InChI is InChI=1S/C19H28/c1-18-11-5-7-16(18)15-9-8-14-6-3-4-12-19(14,2)17(15)10-13-18/h5,8,11,15-17H,3-4,6-7,9-10,12-13H2,1-2H3/t15-,16-,17-,18-,19-/m0/s1. The zero-order valence-corrected chi connectivity index (χ0v) is 12.6. The largest absolute Gasteiger partial charge is 0.0877 e. The van der Waals surface area contributed by atoms with Crippen molar-refractivity contribution in [3.63, 3.8) is 0 Å². The summed E-state index contributed by atoms with van der Waals surface area (Å²) in [5.41, 5.74) is 2.96. The van der Waals surface area contributed by atoms with Gasteiger partial charge in [-0.15, -0.1) is 0 Å². The molecule has 2 fully saturated rings. The summed E-state index contributed by atoms with van der Waals surface area (Å²) in [6.07, 6.45) is 19.2. The van der Waals surface area contributed by atoms with Crippen LogP contribution >= 0.6 is 0 Å². The predicted molar refractivity (Wildman–Crippen MR) is 80.8 cm³/mol. The van der Waals surface area contributed by atoms with Crippen LogP contribution in [0.4, 0.5) is 0 Å². The van der Waals surface area contributed by atoms with Crippen molar-refractivity contribution in [2.75, 3.05) is 0 Å². The highest BCUT2D eigenvalue weighted by atomic mass is 14.6. The van der Waals surface area contributed by atoms with Gasteiger partial charge in [0.2, 0.25) is 0 Å². The molecule has 0 aromatic heterocycles. The summed E-state index contributed by atoms with van der Waals surface area (Å²) >= 11 is 0. The molecule has 0 bridgehead atoms. The van der Waals surface area contributed by atoms with Crippen molar-refractivity contribution in [2.45, 2.75) is 65.2 Å². The van der Waals surface area contributed by atoms with E-state index in [1.165, 1.54) is 51.4 Å². The molecule has 2 saturated carbocycles. The van der Waals surface area contributed by atoms with Gasteiger partial charge in [-0.25, -0.2) is 0 Å². The molecule has 0 unspecified atom stereocenters. The van der Waals surface area contributed by atoms with Crippen LogP contribution in [0.2, 0.25) is 0 Å². The third kappa shape index (κ3) is 1.58. The third-order valence-corrected chi connectivity index (χ3v) is 7.34. The highest BCUT2D eigenvalue weighted by Crippen LogP contribution is 2.63. The fourth-order valence-corrected chi connectivity index (χ4v) is 6.18. The number of hydrogen-bond donors (Lipinski definition) is 0. The van der Waals surface area contributed by atoms with Crippen LogP contribution in [0, 0.1) is 28.6 Å². The molecule has 0 heterocycles. The van der Waals surface area contributed by atoms with Crippen molar-refractivity contribution in [1.82, 2.24) is 0 Å². The average molecular weight is 256 g/mol. The van der Waals surface area contributed by atoms with E-state index in [2.05, 4.69) is 32.1 Å². The number of fused-ring (bicyclic) bond motifs is 5. The van der Waals surface area contributed by atoms with Crippen LogP contribution in [0.5, 0.6) is 0 Å². The van der Waals surface area contributed by atoms with E-state index in [1.54, 1.807) is 0 Å². The van der Waals surface area contributed by atoms with Crippen LogP contribution in [0.15, 0.2) is 23.8 Å². The molecule has 0 amide bonds. The fourth-order valence-electron chi connectivity index (χ4n) is 6.18. The van der Waals surface area contributed by atoms with Crippen molar-refractivity contribution in [2.24, 2.45) is 28.6 Å². The Balaban J connectivity index is 1.71. The lowest BCUT2D eigenvalue weighted by atomic mass is 9.48. The Morgan fingerprint density at radius 2 is 1.95 bits per heavy atom.